The zero-order valence-electron chi connectivity index (χ0n) is 11.5. The summed E-state index contributed by atoms with van der Waals surface area (Å²) in [6, 6.07) is 0. The molecule has 0 aromatic rings. The van der Waals surface area contributed by atoms with Crippen LogP contribution >= 0.6 is 0 Å². The van der Waals surface area contributed by atoms with Gasteiger partial charge >= 0.3 is 0 Å². The molecular weight excluding hydrogens is 232 g/mol. The highest BCUT2D eigenvalue weighted by molar-refractivity contribution is 6.12. The van der Waals surface area contributed by atoms with Crippen LogP contribution in [-0.2, 0) is 14.2 Å². The van der Waals surface area contributed by atoms with Gasteiger partial charge in [0.2, 0.25) is 5.60 Å². The summed E-state index contributed by atoms with van der Waals surface area (Å²) in [5, 5.41) is 0. The topological polar surface area (TPSA) is 27.7 Å². The second-order valence-electron chi connectivity index (χ2n) is 4.40. The van der Waals surface area contributed by atoms with E-state index in [1.54, 1.807) is 6.08 Å². The van der Waals surface area contributed by atoms with Crippen LogP contribution in [0.1, 0.15) is 33.6 Å². The highest BCUT2D eigenvalue weighted by Gasteiger charge is 2.33. The van der Waals surface area contributed by atoms with E-state index in [9.17, 15) is 0 Å². The molecule has 0 saturated carbocycles. The van der Waals surface area contributed by atoms with Gasteiger partial charge in [0, 0.05) is 14.2 Å². The van der Waals surface area contributed by atoms with E-state index in [4.69, 9.17) is 14.2 Å². The molecule has 97 valence electrons. The van der Waals surface area contributed by atoms with E-state index < -0.39 is 11.2 Å². The van der Waals surface area contributed by atoms with Crippen LogP contribution in [0.4, 0.5) is 0 Å². The summed E-state index contributed by atoms with van der Waals surface area (Å²) in [6.45, 7) is 9.90. The second-order valence-corrected chi connectivity index (χ2v) is 5.02. The van der Waals surface area contributed by atoms with Crippen molar-refractivity contribution in [3.05, 3.63) is 24.3 Å². The van der Waals surface area contributed by atoms with Gasteiger partial charge in [0.1, 0.15) is 0 Å². The number of methoxy groups -OCH3 is 2. The lowest BCUT2D eigenvalue weighted by molar-refractivity contribution is -0.333. The molecule has 3 nitrogen and oxygen atoms in total. The Morgan fingerprint density at radius 1 is 1.29 bits per heavy atom. The summed E-state index contributed by atoms with van der Waals surface area (Å²) in [5.41, 5.74) is -0.451. The molecule has 0 N–H and O–H groups in total. The van der Waals surface area contributed by atoms with Gasteiger partial charge in [-0.1, -0.05) is 17.7 Å². The molecule has 17 heavy (non-hydrogen) atoms. The SMILES string of the molecule is C=CC(C)(CCC=C(C)C)OC([Si])(OC)OC. The first-order valence-corrected chi connectivity index (χ1v) is 6.13. The van der Waals surface area contributed by atoms with Gasteiger partial charge in [-0.15, -0.1) is 6.58 Å². The van der Waals surface area contributed by atoms with E-state index in [1.807, 2.05) is 6.92 Å². The Balaban J connectivity index is 4.56. The number of hydrogen-bond donors (Lipinski definition) is 0. The van der Waals surface area contributed by atoms with Crippen molar-refractivity contribution < 1.29 is 14.2 Å². The van der Waals surface area contributed by atoms with Gasteiger partial charge in [-0.25, -0.2) is 0 Å². The van der Waals surface area contributed by atoms with Crippen molar-refractivity contribution >= 4 is 10.2 Å². The molecule has 1 atom stereocenters. The van der Waals surface area contributed by atoms with Crippen molar-refractivity contribution in [2.75, 3.05) is 14.2 Å². The lowest BCUT2D eigenvalue weighted by atomic mass is 9.99. The molecule has 0 bridgehead atoms. The number of ether oxygens (including phenoxy) is 3. The largest absolute Gasteiger partial charge is 0.336 e. The van der Waals surface area contributed by atoms with Gasteiger partial charge in [-0.05, 0) is 33.6 Å². The van der Waals surface area contributed by atoms with Crippen LogP contribution in [0.2, 0.25) is 0 Å². The van der Waals surface area contributed by atoms with Gasteiger partial charge in [-0.2, -0.15) is 0 Å². The minimum Gasteiger partial charge on any atom is -0.336 e. The molecule has 0 aromatic heterocycles. The third-order valence-electron chi connectivity index (χ3n) is 2.53. The summed E-state index contributed by atoms with van der Waals surface area (Å²) in [5.74, 6) is 0. The molecule has 0 aromatic carbocycles. The fourth-order valence-corrected chi connectivity index (χ4v) is 1.55. The Morgan fingerprint density at radius 3 is 2.18 bits per heavy atom. The van der Waals surface area contributed by atoms with Crippen molar-refractivity contribution in [1.29, 1.82) is 0 Å². The maximum Gasteiger partial charge on any atom is 0.248 e. The predicted octanol–water partition coefficient (Wildman–Crippen LogP) is 2.77. The Labute approximate surface area is 108 Å². The summed E-state index contributed by atoms with van der Waals surface area (Å²) >= 11 is 0. The normalized spacial score (nSPS) is 15.2. The average Bonchev–Trinajstić information content (AvgIpc) is 2.28. The van der Waals surface area contributed by atoms with Crippen LogP contribution in [0.5, 0.6) is 0 Å². The first-order valence-electron chi connectivity index (χ1n) is 5.63. The smallest absolute Gasteiger partial charge is 0.248 e. The van der Waals surface area contributed by atoms with E-state index in [2.05, 4.69) is 36.7 Å². The number of hydrogen-bond acceptors (Lipinski definition) is 3. The molecule has 0 heterocycles. The van der Waals surface area contributed by atoms with Crippen molar-refractivity contribution in [2.24, 2.45) is 0 Å². The van der Waals surface area contributed by atoms with Gasteiger partial charge in [-0.3, -0.25) is 0 Å². The summed E-state index contributed by atoms with van der Waals surface area (Å²) in [7, 11) is 6.33. The standard InChI is InChI=1S/C13H23O3Si/c1-7-12(4,10-8-9-11(2)3)16-13(17,14-5)15-6/h7,9H,1,8,10H2,2-6H3. The van der Waals surface area contributed by atoms with Crippen molar-refractivity contribution in [3.63, 3.8) is 0 Å². The van der Waals surface area contributed by atoms with Crippen molar-refractivity contribution in [3.8, 4) is 0 Å². The first kappa shape index (κ1) is 16.6. The summed E-state index contributed by atoms with van der Waals surface area (Å²) in [4.78, 5) is 0. The molecule has 3 radical (unpaired) electrons. The molecule has 4 heteroatoms. The predicted molar refractivity (Wildman–Crippen MR) is 70.9 cm³/mol. The first-order chi connectivity index (χ1) is 7.81. The van der Waals surface area contributed by atoms with Crippen LogP contribution in [0.15, 0.2) is 24.3 Å². The van der Waals surface area contributed by atoms with E-state index in [0.29, 0.717) is 0 Å². The molecule has 0 rings (SSSR count). The molecular formula is C13H23O3Si. The van der Waals surface area contributed by atoms with Gasteiger partial charge < -0.3 is 14.2 Å². The fourth-order valence-electron chi connectivity index (χ4n) is 1.32. The van der Waals surface area contributed by atoms with E-state index in [1.165, 1.54) is 19.8 Å². The van der Waals surface area contributed by atoms with Gasteiger partial charge in [0.25, 0.3) is 0 Å². The van der Waals surface area contributed by atoms with Crippen LogP contribution in [0, 0.1) is 0 Å². The highest BCUT2D eigenvalue weighted by atomic mass is 28.1. The fraction of sp³-hybridized carbons (Fsp3) is 0.692. The quantitative estimate of drug-likeness (QED) is 0.379. The van der Waals surface area contributed by atoms with Gasteiger partial charge in [0.05, 0.1) is 5.60 Å². The highest BCUT2D eigenvalue weighted by Crippen LogP contribution is 2.26. The molecule has 0 spiro atoms. The van der Waals surface area contributed by atoms with E-state index >= 15 is 0 Å². The second kappa shape index (κ2) is 7.11. The molecule has 0 amide bonds. The molecule has 0 aliphatic heterocycles. The minimum atomic E-state index is -1.23. The lowest BCUT2D eigenvalue weighted by Crippen LogP contribution is -2.45. The molecule has 0 saturated heterocycles. The zero-order chi connectivity index (χ0) is 13.5. The van der Waals surface area contributed by atoms with Gasteiger partial charge in [0.15, 0.2) is 10.2 Å². The van der Waals surface area contributed by atoms with Crippen LogP contribution in [0.25, 0.3) is 0 Å². The molecule has 0 aliphatic carbocycles. The Hall–Kier alpha value is -0.423. The molecule has 0 fully saturated rings. The maximum absolute atomic E-state index is 5.78. The van der Waals surface area contributed by atoms with Crippen molar-refractivity contribution in [2.45, 2.75) is 44.8 Å². The molecule has 0 aliphatic rings. The Bertz CT molecular complexity index is 268. The summed E-state index contributed by atoms with van der Waals surface area (Å²) in [6.07, 6.45) is 5.65. The number of allylic oxidation sites excluding steroid dienone is 2. The minimum absolute atomic E-state index is 0.514. The van der Waals surface area contributed by atoms with Crippen LogP contribution in [-0.4, -0.2) is 35.7 Å². The van der Waals surface area contributed by atoms with Crippen molar-refractivity contribution in [1.82, 2.24) is 0 Å². The third-order valence-corrected chi connectivity index (χ3v) is 3.04. The van der Waals surface area contributed by atoms with E-state index in [0.717, 1.165) is 12.8 Å². The third kappa shape index (κ3) is 6.17. The van der Waals surface area contributed by atoms with Crippen LogP contribution in [0.3, 0.4) is 0 Å². The lowest BCUT2D eigenvalue weighted by Gasteiger charge is -2.36. The number of rotatable bonds is 8. The maximum atomic E-state index is 5.78. The van der Waals surface area contributed by atoms with Crippen LogP contribution < -0.4 is 0 Å². The average molecular weight is 255 g/mol. The zero-order valence-corrected chi connectivity index (χ0v) is 12.5. The van der Waals surface area contributed by atoms with E-state index in [-0.39, 0.29) is 0 Å². The molecule has 1 unspecified atom stereocenters. The Morgan fingerprint density at radius 2 is 1.82 bits per heavy atom. The monoisotopic (exact) mass is 255 g/mol. The summed E-state index contributed by atoms with van der Waals surface area (Å²) < 4.78 is 16.0. The Kier molecular flexibility index (Phi) is 6.93.